The molecule has 1 atom stereocenters. The standard InChI is InChI=1S/C20H18N4O2/c1-13(14-7-8-17-15(9-14)10-19(25)23-17)22-20(26)18-11-21-12-24(18)16-5-3-2-4-6-16/h2-9,11-13H,10H2,1H3,(H,22,26)(H,23,25). The normalized spacial score (nSPS) is 13.8. The molecule has 0 saturated heterocycles. The smallest absolute Gasteiger partial charge is 0.270 e. The van der Waals surface area contributed by atoms with Crippen molar-refractivity contribution < 1.29 is 9.59 Å². The van der Waals surface area contributed by atoms with Gasteiger partial charge < -0.3 is 10.6 Å². The van der Waals surface area contributed by atoms with Crippen LogP contribution in [0.5, 0.6) is 0 Å². The SMILES string of the molecule is CC(NC(=O)c1cncn1-c1ccccc1)c1ccc2c(c1)CC(=O)N2. The number of carbonyl (C=O) groups excluding carboxylic acids is 2. The molecule has 4 rings (SSSR count). The fourth-order valence-electron chi connectivity index (χ4n) is 3.13. The van der Waals surface area contributed by atoms with Gasteiger partial charge in [0.25, 0.3) is 5.91 Å². The van der Waals surface area contributed by atoms with Gasteiger partial charge in [-0.15, -0.1) is 0 Å². The minimum absolute atomic E-state index is 0.000557. The molecule has 2 heterocycles. The van der Waals surface area contributed by atoms with E-state index in [4.69, 9.17) is 0 Å². The molecule has 2 amide bonds. The van der Waals surface area contributed by atoms with E-state index in [-0.39, 0.29) is 17.9 Å². The van der Waals surface area contributed by atoms with Crippen molar-refractivity contribution in [3.63, 3.8) is 0 Å². The van der Waals surface area contributed by atoms with E-state index < -0.39 is 0 Å². The second-order valence-corrected chi connectivity index (χ2v) is 6.32. The zero-order valence-corrected chi connectivity index (χ0v) is 14.3. The maximum Gasteiger partial charge on any atom is 0.270 e. The van der Waals surface area contributed by atoms with Crippen LogP contribution >= 0.6 is 0 Å². The van der Waals surface area contributed by atoms with Gasteiger partial charge in [-0.3, -0.25) is 14.2 Å². The lowest BCUT2D eigenvalue weighted by atomic mass is 10.0. The molecule has 0 aliphatic carbocycles. The first-order valence-corrected chi connectivity index (χ1v) is 8.43. The first kappa shape index (κ1) is 16.1. The van der Waals surface area contributed by atoms with Gasteiger partial charge in [-0.2, -0.15) is 0 Å². The Kier molecular flexibility index (Phi) is 4.01. The molecule has 0 radical (unpaired) electrons. The zero-order chi connectivity index (χ0) is 18.1. The van der Waals surface area contributed by atoms with Gasteiger partial charge >= 0.3 is 0 Å². The van der Waals surface area contributed by atoms with Crippen molar-refractivity contribution >= 4 is 17.5 Å². The first-order valence-electron chi connectivity index (χ1n) is 8.43. The fraction of sp³-hybridized carbons (Fsp3) is 0.150. The van der Waals surface area contributed by atoms with Crippen LogP contribution in [-0.2, 0) is 11.2 Å². The minimum Gasteiger partial charge on any atom is -0.344 e. The molecule has 1 aromatic heterocycles. The number of nitrogens with one attached hydrogen (secondary N) is 2. The lowest BCUT2D eigenvalue weighted by Gasteiger charge is -2.16. The Morgan fingerprint density at radius 1 is 1.23 bits per heavy atom. The van der Waals surface area contributed by atoms with Crippen molar-refractivity contribution in [3.05, 3.63) is 77.9 Å². The summed E-state index contributed by atoms with van der Waals surface area (Å²) < 4.78 is 1.76. The summed E-state index contributed by atoms with van der Waals surface area (Å²) in [6, 6.07) is 15.2. The maximum atomic E-state index is 12.7. The molecule has 2 N–H and O–H groups in total. The molecular formula is C20H18N4O2. The van der Waals surface area contributed by atoms with Crippen molar-refractivity contribution in [3.8, 4) is 5.69 Å². The number of fused-ring (bicyclic) bond motifs is 1. The van der Waals surface area contributed by atoms with Gasteiger partial charge in [-0.05, 0) is 36.2 Å². The summed E-state index contributed by atoms with van der Waals surface area (Å²) in [6.07, 6.45) is 3.56. The number of nitrogens with zero attached hydrogens (tertiary/aromatic N) is 2. The Bertz CT molecular complexity index is 978. The van der Waals surface area contributed by atoms with Crippen molar-refractivity contribution in [1.82, 2.24) is 14.9 Å². The van der Waals surface area contributed by atoms with Crippen molar-refractivity contribution in [1.29, 1.82) is 0 Å². The van der Waals surface area contributed by atoms with Crippen LogP contribution in [0.1, 0.15) is 34.6 Å². The van der Waals surface area contributed by atoms with Crippen LogP contribution in [0.4, 0.5) is 5.69 Å². The third-order valence-corrected chi connectivity index (χ3v) is 4.51. The number of carbonyl (C=O) groups is 2. The highest BCUT2D eigenvalue weighted by atomic mass is 16.2. The zero-order valence-electron chi connectivity index (χ0n) is 14.3. The molecule has 0 bridgehead atoms. The fourth-order valence-corrected chi connectivity index (χ4v) is 3.13. The van der Waals surface area contributed by atoms with E-state index >= 15 is 0 Å². The van der Waals surface area contributed by atoms with Gasteiger partial charge in [0.05, 0.1) is 25.0 Å². The van der Waals surface area contributed by atoms with Crippen LogP contribution in [0.25, 0.3) is 5.69 Å². The van der Waals surface area contributed by atoms with Gasteiger partial charge in [0.1, 0.15) is 5.69 Å². The summed E-state index contributed by atoms with van der Waals surface area (Å²) in [5, 5.41) is 5.82. The molecule has 0 fully saturated rings. The van der Waals surface area contributed by atoms with Gasteiger partial charge in [0, 0.05) is 11.4 Å². The van der Waals surface area contributed by atoms with E-state index in [9.17, 15) is 9.59 Å². The Labute approximate surface area is 150 Å². The number of hydrogen-bond acceptors (Lipinski definition) is 3. The molecule has 6 heteroatoms. The number of anilines is 1. The highest BCUT2D eigenvalue weighted by molar-refractivity contribution is 5.99. The van der Waals surface area contributed by atoms with Gasteiger partial charge in [-0.1, -0.05) is 30.3 Å². The van der Waals surface area contributed by atoms with Crippen LogP contribution < -0.4 is 10.6 Å². The molecule has 130 valence electrons. The van der Waals surface area contributed by atoms with E-state index in [0.29, 0.717) is 12.1 Å². The Morgan fingerprint density at radius 2 is 2.04 bits per heavy atom. The summed E-state index contributed by atoms with van der Waals surface area (Å²) in [5.74, 6) is -0.200. The number of para-hydroxylation sites is 1. The monoisotopic (exact) mass is 346 g/mol. The molecular weight excluding hydrogens is 328 g/mol. The molecule has 1 aliphatic heterocycles. The van der Waals surface area contributed by atoms with E-state index in [1.54, 1.807) is 17.1 Å². The topological polar surface area (TPSA) is 76.0 Å². The maximum absolute atomic E-state index is 12.7. The van der Waals surface area contributed by atoms with Crippen molar-refractivity contribution in [2.24, 2.45) is 0 Å². The predicted octanol–water partition coefficient (Wildman–Crippen LogP) is 2.86. The summed E-state index contributed by atoms with van der Waals surface area (Å²) >= 11 is 0. The number of amides is 2. The van der Waals surface area contributed by atoms with Crippen LogP contribution in [0.15, 0.2) is 61.1 Å². The Hall–Kier alpha value is -3.41. The first-order chi connectivity index (χ1) is 12.6. The summed E-state index contributed by atoms with van der Waals surface area (Å²) in [6.45, 7) is 1.92. The molecule has 6 nitrogen and oxygen atoms in total. The van der Waals surface area contributed by atoms with Crippen molar-refractivity contribution in [2.75, 3.05) is 5.32 Å². The number of imidazole rings is 1. The van der Waals surface area contributed by atoms with E-state index in [1.165, 1.54) is 0 Å². The Morgan fingerprint density at radius 3 is 2.85 bits per heavy atom. The van der Waals surface area contributed by atoms with Crippen LogP contribution in [0, 0.1) is 0 Å². The van der Waals surface area contributed by atoms with Gasteiger partial charge in [0.2, 0.25) is 5.91 Å². The third-order valence-electron chi connectivity index (χ3n) is 4.51. The van der Waals surface area contributed by atoms with Gasteiger partial charge in [-0.25, -0.2) is 4.98 Å². The minimum atomic E-state index is -0.200. The molecule has 3 aromatic rings. The van der Waals surface area contributed by atoms with Crippen molar-refractivity contribution in [2.45, 2.75) is 19.4 Å². The summed E-state index contributed by atoms with van der Waals surface area (Å²) in [5.41, 5.74) is 4.12. The van der Waals surface area contributed by atoms with Gasteiger partial charge in [0.15, 0.2) is 0 Å². The number of aromatic nitrogens is 2. The van der Waals surface area contributed by atoms with Crippen LogP contribution in [0.2, 0.25) is 0 Å². The third kappa shape index (κ3) is 2.97. The molecule has 2 aromatic carbocycles. The highest BCUT2D eigenvalue weighted by Gasteiger charge is 2.20. The number of rotatable bonds is 4. The lowest BCUT2D eigenvalue weighted by molar-refractivity contribution is -0.115. The second-order valence-electron chi connectivity index (χ2n) is 6.32. The number of benzene rings is 2. The summed E-state index contributed by atoms with van der Waals surface area (Å²) in [7, 11) is 0. The molecule has 0 spiro atoms. The van der Waals surface area contributed by atoms with E-state index in [0.717, 1.165) is 22.5 Å². The quantitative estimate of drug-likeness (QED) is 0.763. The number of hydrogen-bond donors (Lipinski definition) is 2. The summed E-state index contributed by atoms with van der Waals surface area (Å²) in [4.78, 5) is 28.3. The largest absolute Gasteiger partial charge is 0.344 e. The highest BCUT2D eigenvalue weighted by Crippen LogP contribution is 2.26. The molecule has 1 aliphatic rings. The molecule has 1 unspecified atom stereocenters. The predicted molar refractivity (Wildman–Crippen MR) is 98.2 cm³/mol. The second kappa shape index (κ2) is 6.48. The molecule has 26 heavy (non-hydrogen) atoms. The average Bonchev–Trinajstić information content (AvgIpc) is 3.27. The lowest BCUT2D eigenvalue weighted by Crippen LogP contribution is -2.28. The Balaban J connectivity index is 1.54. The van der Waals surface area contributed by atoms with Crippen LogP contribution in [0.3, 0.4) is 0 Å². The van der Waals surface area contributed by atoms with Crippen LogP contribution in [-0.4, -0.2) is 21.4 Å². The average molecular weight is 346 g/mol. The van der Waals surface area contributed by atoms with E-state index in [2.05, 4.69) is 15.6 Å². The molecule has 0 saturated carbocycles. The van der Waals surface area contributed by atoms with E-state index in [1.807, 2.05) is 55.5 Å².